The average molecular weight is 244 g/mol. The second-order valence-corrected chi connectivity index (χ2v) is 5.13. The van der Waals surface area contributed by atoms with Gasteiger partial charge < -0.3 is 14.8 Å². The van der Waals surface area contributed by atoms with Gasteiger partial charge in [0.1, 0.15) is 5.60 Å². The molecule has 1 aromatic heterocycles. The van der Waals surface area contributed by atoms with Gasteiger partial charge in [-0.2, -0.15) is 0 Å². The van der Waals surface area contributed by atoms with Crippen LogP contribution in [0, 0.1) is 0 Å². The van der Waals surface area contributed by atoms with E-state index in [9.17, 15) is 4.79 Å². The van der Waals surface area contributed by atoms with E-state index in [2.05, 4.69) is 10.3 Å². The van der Waals surface area contributed by atoms with E-state index in [0.717, 1.165) is 11.3 Å². The standard InChI is InChI=1S/C8H13BN2O4S/c1-8(2,3)15-7(12)11-6-10-4-5(16-6)9(13)14/h4,13-14H,1-3H3,(H,10,11,12). The van der Waals surface area contributed by atoms with Crippen molar-refractivity contribution in [3.05, 3.63) is 6.20 Å². The molecule has 0 atom stereocenters. The van der Waals surface area contributed by atoms with Crippen molar-refractivity contribution in [3.8, 4) is 0 Å². The summed E-state index contributed by atoms with van der Waals surface area (Å²) in [4.78, 5) is 15.1. The SMILES string of the molecule is CC(C)(C)OC(=O)Nc1ncc(B(O)O)s1. The van der Waals surface area contributed by atoms with Crippen LogP contribution in [0.3, 0.4) is 0 Å². The summed E-state index contributed by atoms with van der Waals surface area (Å²) in [6.45, 7) is 5.24. The monoisotopic (exact) mass is 244 g/mol. The highest BCUT2D eigenvalue weighted by Crippen LogP contribution is 2.12. The number of rotatable bonds is 2. The Morgan fingerprint density at radius 1 is 1.56 bits per heavy atom. The number of carbonyl (C=O) groups is 1. The maximum absolute atomic E-state index is 11.3. The van der Waals surface area contributed by atoms with Crippen LogP contribution in [-0.2, 0) is 4.74 Å². The summed E-state index contributed by atoms with van der Waals surface area (Å²) >= 11 is 0.972. The van der Waals surface area contributed by atoms with Gasteiger partial charge in [-0.1, -0.05) is 0 Å². The fourth-order valence-corrected chi connectivity index (χ4v) is 1.53. The highest BCUT2D eigenvalue weighted by molar-refractivity contribution is 7.25. The lowest BCUT2D eigenvalue weighted by Gasteiger charge is -2.18. The molecule has 3 N–H and O–H groups in total. The molecule has 0 saturated heterocycles. The van der Waals surface area contributed by atoms with Gasteiger partial charge in [0.2, 0.25) is 0 Å². The number of nitrogens with zero attached hydrogens (tertiary/aromatic N) is 1. The van der Waals surface area contributed by atoms with Crippen LogP contribution in [0.25, 0.3) is 0 Å². The first-order valence-electron chi connectivity index (χ1n) is 4.60. The maximum atomic E-state index is 11.3. The quantitative estimate of drug-likeness (QED) is 0.645. The molecule has 1 amide bonds. The molecule has 0 aromatic carbocycles. The van der Waals surface area contributed by atoms with E-state index >= 15 is 0 Å². The van der Waals surface area contributed by atoms with Crippen molar-refractivity contribution in [3.63, 3.8) is 0 Å². The van der Waals surface area contributed by atoms with Gasteiger partial charge in [0.15, 0.2) is 5.13 Å². The number of ether oxygens (including phenoxy) is 1. The molecule has 0 aliphatic rings. The van der Waals surface area contributed by atoms with Crippen molar-refractivity contribution in [2.45, 2.75) is 26.4 Å². The van der Waals surface area contributed by atoms with Crippen LogP contribution in [-0.4, -0.2) is 33.8 Å². The summed E-state index contributed by atoms with van der Waals surface area (Å²) in [6.07, 6.45) is 0.656. The van der Waals surface area contributed by atoms with Crippen LogP contribution >= 0.6 is 11.3 Å². The minimum absolute atomic E-state index is 0.256. The van der Waals surface area contributed by atoms with Gasteiger partial charge in [-0.15, -0.1) is 11.3 Å². The molecule has 8 heteroatoms. The number of carbonyl (C=O) groups excluding carboxylic acids is 1. The van der Waals surface area contributed by atoms with Crippen LogP contribution in [0.2, 0.25) is 0 Å². The molecule has 0 aliphatic carbocycles. The maximum Gasteiger partial charge on any atom is 0.500 e. The predicted octanol–water partition coefficient (Wildman–Crippen LogP) is 0.170. The highest BCUT2D eigenvalue weighted by atomic mass is 32.1. The third-order valence-corrected chi connectivity index (χ3v) is 2.34. The molecule has 88 valence electrons. The van der Waals surface area contributed by atoms with Crippen LogP contribution in [0.4, 0.5) is 9.93 Å². The molecule has 0 radical (unpaired) electrons. The van der Waals surface area contributed by atoms with E-state index < -0.39 is 18.8 Å². The second kappa shape index (κ2) is 4.81. The number of hydrogen-bond donors (Lipinski definition) is 3. The summed E-state index contributed by atoms with van der Waals surface area (Å²) < 4.78 is 5.26. The van der Waals surface area contributed by atoms with E-state index in [1.54, 1.807) is 20.8 Å². The molecule has 1 rings (SSSR count). The molecule has 0 unspecified atom stereocenters. The summed E-state index contributed by atoms with van der Waals surface area (Å²) in [5.41, 5.74) is -0.583. The number of anilines is 1. The number of amides is 1. The first-order chi connectivity index (χ1) is 7.28. The van der Waals surface area contributed by atoms with Crippen molar-refractivity contribution in [1.82, 2.24) is 4.98 Å². The third kappa shape index (κ3) is 4.17. The lowest BCUT2D eigenvalue weighted by molar-refractivity contribution is 0.0636. The minimum Gasteiger partial charge on any atom is -0.444 e. The van der Waals surface area contributed by atoms with E-state index in [-0.39, 0.29) is 9.91 Å². The predicted molar refractivity (Wildman–Crippen MR) is 61.8 cm³/mol. The zero-order valence-corrected chi connectivity index (χ0v) is 10.0. The molecule has 1 aromatic rings. The first-order valence-corrected chi connectivity index (χ1v) is 5.41. The van der Waals surface area contributed by atoms with Crippen molar-refractivity contribution in [2.24, 2.45) is 0 Å². The number of aromatic nitrogens is 1. The Balaban J connectivity index is 2.57. The Kier molecular flexibility index (Phi) is 3.90. The van der Waals surface area contributed by atoms with Crippen molar-refractivity contribution in [1.29, 1.82) is 0 Å². The third-order valence-electron chi connectivity index (χ3n) is 1.39. The van der Waals surface area contributed by atoms with Crippen molar-refractivity contribution in [2.75, 3.05) is 5.32 Å². The molecule has 0 aliphatic heterocycles. The summed E-state index contributed by atoms with van der Waals surface area (Å²) in [7, 11) is -1.58. The van der Waals surface area contributed by atoms with Gasteiger partial charge in [0.05, 0.1) is 4.78 Å². The molecule has 0 saturated carbocycles. The fourth-order valence-electron chi connectivity index (χ4n) is 0.855. The molecular weight excluding hydrogens is 231 g/mol. The van der Waals surface area contributed by atoms with E-state index in [4.69, 9.17) is 14.8 Å². The Hall–Kier alpha value is -1.12. The molecule has 1 heterocycles. The lowest BCUT2D eigenvalue weighted by atomic mass is 9.91. The second-order valence-electron chi connectivity index (χ2n) is 4.07. The largest absolute Gasteiger partial charge is 0.500 e. The van der Waals surface area contributed by atoms with Gasteiger partial charge in [0, 0.05) is 6.20 Å². The summed E-state index contributed by atoms with van der Waals surface area (Å²) in [6, 6.07) is 0. The minimum atomic E-state index is -1.58. The Morgan fingerprint density at radius 3 is 2.62 bits per heavy atom. The van der Waals surface area contributed by atoms with Gasteiger partial charge in [-0.25, -0.2) is 9.78 Å². The van der Waals surface area contributed by atoms with Crippen LogP contribution in [0.1, 0.15) is 20.8 Å². The summed E-state index contributed by atoms with van der Waals surface area (Å²) in [5, 5.41) is 20.3. The van der Waals surface area contributed by atoms with E-state index in [1.165, 1.54) is 6.20 Å². The average Bonchev–Trinajstić information content (AvgIpc) is 2.48. The van der Waals surface area contributed by atoms with Crippen LogP contribution in [0.5, 0.6) is 0 Å². The molecule has 6 nitrogen and oxygen atoms in total. The van der Waals surface area contributed by atoms with Crippen molar-refractivity contribution < 1.29 is 19.6 Å². The Morgan fingerprint density at radius 2 is 2.19 bits per heavy atom. The van der Waals surface area contributed by atoms with Crippen LogP contribution in [0.15, 0.2) is 6.20 Å². The van der Waals surface area contributed by atoms with Gasteiger partial charge >= 0.3 is 13.2 Å². The molecule has 0 spiro atoms. The zero-order chi connectivity index (χ0) is 12.3. The highest BCUT2D eigenvalue weighted by Gasteiger charge is 2.19. The Labute approximate surface area is 97.4 Å². The zero-order valence-electron chi connectivity index (χ0n) is 9.22. The Bertz CT molecular complexity index is 374. The van der Waals surface area contributed by atoms with Gasteiger partial charge in [-0.3, -0.25) is 5.32 Å². The molecule has 16 heavy (non-hydrogen) atoms. The van der Waals surface area contributed by atoms with Crippen molar-refractivity contribution >= 4 is 34.5 Å². The van der Waals surface area contributed by atoms with Gasteiger partial charge in [-0.05, 0) is 20.8 Å². The van der Waals surface area contributed by atoms with E-state index in [1.807, 2.05) is 0 Å². The lowest BCUT2D eigenvalue weighted by Crippen LogP contribution is -2.27. The number of nitrogens with one attached hydrogen (secondary N) is 1. The van der Waals surface area contributed by atoms with E-state index in [0.29, 0.717) is 0 Å². The molecule has 0 fully saturated rings. The number of hydrogen-bond acceptors (Lipinski definition) is 6. The topological polar surface area (TPSA) is 91.7 Å². The normalized spacial score (nSPS) is 11.1. The van der Waals surface area contributed by atoms with Gasteiger partial charge in [0.25, 0.3) is 0 Å². The smallest absolute Gasteiger partial charge is 0.444 e. The van der Waals surface area contributed by atoms with Crippen LogP contribution < -0.4 is 10.1 Å². The first kappa shape index (κ1) is 13.0. The fraction of sp³-hybridized carbons (Fsp3) is 0.500. The molecular formula is C8H13BN2O4S. The molecule has 0 bridgehead atoms. The number of thiazole rings is 1. The summed E-state index contributed by atoms with van der Waals surface area (Å²) in [5.74, 6) is 0.